The normalized spacial score (nSPS) is 18.4. The van der Waals surface area contributed by atoms with E-state index in [1.807, 2.05) is 6.07 Å². The Bertz CT molecular complexity index is 416. The maximum Gasteiger partial charge on any atom is 0.165 e. The first kappa shape index (κ1) is 13.3. The largest absolute Gasteiger partial charge is 0.494 e. The Labute approximate surface area is 107 Å². The molecule has 1 aliphatic rings. The van der Waals surface area contributed by atoms with Crippen LogP contribution in [0.5, 0.6) is 5.75 Å². The zero-order valence-corrected chi connectivity index (χ0v) is 10.9. The summed E-state index contributed by atoms with van der Waals surface area (Å²) in [6.45, 7) is 4.09. The molecule has 1 N–H and O–H groups in total. The number of β-amino-alcohol motifs (C(OH)–C–C–N with tert-alkyl or cyclic N) is 1. The number of nitrogens with zero attached hydrogens (tertiary/aromatic N) is 1. The third kappa shape index (κ3) is 2.82. The van der Waals surface area contributed by atoms with Crippen LogP contribution in [-0.2, 0) is 6.54 Å². The Hall–Kier alpha value is -1.13. The fourth-order valence-corrected chi connectivity index (χ4v) is 2.59. The van der Waals surface area contributed by atoms with E-state index in [1.54, 1.807) is 6.07 Å². The minimum Gasteiger partial charge on any atom is -0.494 e. The van der Waals surface area contributed by atoms with Gasteiger partial charge < -0.3 is 9.84 Å². The molecule has 0 radical (unpaired) electrons. The molecular weight excluding hydrogens is 233 g/mol. The summed E-state index contributed by atoms with van der Waals surface area (Å²) in [7, 11) is 1.46. The van der Waals surface area contributed by atoms with E-state index in [-0.39, 0.29) is 11.6 Å². The van der Waals surface area contributed by atoms with Crippen molar-refractivity contribution in [2.24, 2.45) is 0 Å². The van der Waals surface area contributed by atoms with Gasteiger partial charge in [-0.3, -0.25) is 4.90 Å². The number of ether oxygens (including phenoxy) is 1. The highest BCUT2D eigenvalue weighted by Gasteiger charge is 2.39. The van der Waals surface area contributed by atoms with Gasteiger partial charge in [0.2, 0.25) is 0 Å². The summed E-state index contributed by atoms with van der Waals surface area (Å²) in [4.78, 5) is 2.12. The molecule has 0 saturated carbocycles. The lowest BCUT2D eigenvalue weighted by Crippen LogP contribution is -2.60. The Morgan fingerprint density at radius 3 is 2.72 bits per heavy atom. The highest BCUT2D eigenvalue weighted by molar-refractivity contribution is 5.29. The van der Waals surface area contributed by atoms with Crippen LogP contribution in [0.1, 0.15) is 25.3 Å². The minimum absolute atomic E-state index is 0.268. The Kier molecular flexibility index (Phi) is 3.88. The first-order valence-electron chi connectivity index (χ1n) is 6.33. The molecule has 0 aliphatic carbocycles. The monoisotopic (exact) mass is 253 g/mol. The van der Waals surface area contributed by atoms with E-state index in [4.69, 9.17) is 4.74 Å². The second kappa shape index (κ2) is 5.24. The minimum atomic E-state index is -0.528. The predicted octanol–water partition coefficient (Wildman–Crippen LogP) is 2.18. The molecule has 0 spiro atoms. The van der Waals surface area contributed by atoms with E-state index in [1.165, 1.54) is 13.2 Å². The van der Waals surface area contributed by atoms with Crippen LogP contribution in [0.25, 0.3) is 0 Å². The number of aliphatic hydroxyl groups is 1. The Balaban J connectivity index is 1.90. The zero-order chi connectivity index (χ0) is 13.2. The molecule has 0 bridgehead atoms. The molecule has 0 unspecified atom stereocenters. The van der Waals surface area contributed by atoms with Crippen LogP contribution < -0.4 is 4.74 Å². The molecule has 1 heterocycles. The van der Waals surface area contributed by atoms with Crippen LogP contribution in [0, 0.1) is 5.82 Å². The number of likely N-dealkylation sites (tertiary alicyclic amines) is 1. The number of methoxy groups -OCH3 is 1. The number of halogens is 1. The number of hydrogen-bond donors (Lipinski definition) is 1. The quantitative estimate of drug-likeness (QED) is 0.873. The van der Waals surface area contributed by atoms with Gasteiger partial charge in [-0.2, -0.15) is 0 Å². The van der Waals surface area contributed by atoms with Gasteiger partial charge in [0.25, 0.3) is 0 Å². The molecule has 0 aromatic heterocycles. The maximum atomic E-state index is 13.5. The van der Waals surface area contributed by atoms with Crippen molar-refractivity contribution >= 4 is 0 Å². The second-order valence-corrected chi connectivity index (χ2v) is 5.09. The van der Waals surface area contributed by atoms with Gasteiger partial charge in [0.15, 0.2) is 11.6 Å². The lowest BCUT2D eigenvalue weighted by atomic mass is 9.89. The predicted molar refractivity (Wildman–Crippen MR) is 68.1 cm³/mol. The molecule has 3 nitrogen and oxygen atoms in total. The second-order valence-electron chi connectivity index (χ2n) is 5.09. The standard InChI is InChI=1S/C14H20FNO2/c1-3-6-14(17)9-16(10-14)8-11-4-5-13(18-2)12(15)7-11/h4-5,7,17H,3,6,8-10H2,1-2H3. The van der Waals surface area contributed by atoms with Crippen molar-refractivity contribution < 1.29 is 14.2 Å². The van der Waals surface area contributed by atoms with E-state index in [0.717, 1.165) is 18.4 Å². The van der Waals surface area contributed by atoms with Crippen molar-refractivity contribution in [1.29, 1.82) is 0 Å². The molecule has 1 aromatic carbocycles. The van der Waals surface area contributed by atoms with E-state index in [2.05, 4.69) is 11.8 Å². The van der Waals surface area contributed by atoms with Crippen LogP contribution in [0.2, 0.25) is 0 Å². The van der Waals surface area contributed by atoms with Crippen molar-refractivity contribution in [1.82, 2.24) is 4.90 Å². The van der Waals surface area contributed by atoms with Gasteiger partial charge in [0.05, 0.1) is 12.7 Å². The van der Waals surface area contributed by atoms with Crippen molar-refractivity contribution in [3.05, 3.63) is 29.6 Å². The third-order valence-electron chi connectivity index (χ3n) is 3.37. The summed E-state index contributed by atoms with van der Waals surface area (Å²) in [5, 5.41) is 10.1. The summed E-state index contributed by atoms with van der Waals surface area (Å²) < 4.78 is 18.4. The van der Waals surface area contributed by atoms with Gasteiger partial charge >= 0.3 is 0 Å². The van der Waals surface area contributed by atoms with Crippen molar-refractivity contribution in [2.45, 2.75) is 31.9 Å². The first-order chi connectivity index (χ1) is 8.56. The van der Waals surface area contributed by atoms with Crippen LogP contribution >= 0.6 is 0 Å². The van der Waals surface area contributed by atoms with E-state index in [9.17, 15) is 9.50 Å². The zero-order valence-electron chi connectivity index (χ0n) is 10.9. The number of hydrogen-bond acceptors (Lipinski definition) is 3. The fraction of sp³-hybridized carbons (Fsp3) is 0.571. The number of benzene rings is 1. The SMILES string of the molecule is CCCC1(O)CN(Cc2ccc(OC)c(F)c2)C1. The maximum absolute atomic E-state index is 13.5. The molecule has 0 atom stereocenters. The fourth-order valence-electron chi connectivity index (χ4n) is 2.59. The van der Waals surface area contributed by atoms with Gasteiger partial charge in [-0.05, 0) is 24.1 Å². The number of rotatable bonds is 5. The van der Waals surface area contributed by atoms with Crippen LogP contribution in [0.4, 0.5) is 4.39 Å². The summed E-state index contributed by atoms with van der Waals surface area (Å²) in [6, 6.07) is 5.00. The summed E-state index contributed by atoms with van der Waals surface area (Å²) >= 11 is 0. The molecule has 4 heteroatoms. The van der Waals surface area contributed by atoms with Crippen LogP contribution in [0.15, 0.2) is 18.2 Å². The van der Waals surface area contributed by atoms with Gasteiger partial charge in [-0.1, -0.05) is 19.4 Å². The molecular formula is C14H20FNO2. The van der Waals surface area contributed by atoms with Gasteiger partial charge in [0, 0.05) is 19.6 Å². The summed E-state index contributed by atoms with van der Waals surface area (Å²) in [6.07, 6.45) is 1.82. The molecule has 18 heavy (non-hydrogen) atoms. The molecule has 1 aromatic rings. The van der Waals surface area contributed by atoms with Gasteiger partial charge in [-0.25, -0.2) is 4.39 Å². The molecule has 1 fully saturated rings. The van der Waals surface area contributed by atoms with E-state index in [0.29, 0.717) is 19.6 Å². The highest BCUT2D eigenvalue weighted by atomic mass is 19.1. The lowest BCUT2D eigenvalue weighted by molar-refractivity contribution is -0.106. The van der Waals surface area contributed by atoms with Crippen molar-refractivity contribution in [2.75, 3.05) is 20.2 Å². The highest BCUT2D eigenvalue weighted by Crippen LogP contribution is 2.28. The van der Waals surface area contributed by atoms with E-state index >= 15 is 0 Å². The smallest absolute Gasteiger partial charge is 0.165 e. The van der Waals surface area contributed by atoms with Crippen molar-refractivity contribution in [3.8, 4) is 5.75 Å². The molecule has 2 rings (SSSR count). The van der Waals surface area contributed by atoms with Crippen LogP contribution in [-0.4, -0.2) is 35.8 Å². The van der Waals surface area contributed by atoms with E-state index < -0.39 is 5.60 Å². The van der Waals surface area contributed by atoms with Crippen molar-refractivity contribution in [3.63, 3.8) is 0 Å². The Morgan fingerprint density at radius 2 is 2.17 bits per heavy atom. The topological polar surface area (TPSA) is 32.7 Å². The van der Waals surface area contributed by atoms with Gasteiger partial charge in [0.1, 0.15) is 0 Å². The molecule has 1 aliphatic heterocycles. The summed E-state index contributed by atoms with van der Waals surface area (Å²) in [5.74, 6) is -0.0656. The van der Waals surface area contributed by atoms with Crippen LogP contribution in [0.3, 0.4) is 0 Å². The molecule has 0 amide bonds. The first-order valence-corrected chi connectivity index (χ1v) is 6.33. The Morgan fingerprint density at radius 1 is 1.44 bits per heavy atom. The molecule has 100 valence electrons. The third-order valence-corrected chi connectivity index (χ3v) is 3.37. The lowest BCUT2D eigenvalue weighted by Gasteiger charge is -2.46. The average Bonchev–Trinajstić information content (AvgIpc) is 2.27. The average molecular weight is 253 g/mol. The van der Waals surface area contributed by atoms with Gasteiger partial charge in [-0.15, -0.1) is 0 Å². The molecule has 1 saturated heterocycles. The summed E-state index contributed by atoms with van der Waals surface area (Å²) in [5.41, 5.74) is 0.381.